The number of halogens is 2. The van der Waals surface area contributed by atoms with E-state index in [9.17, 15) is 19.7 Å². The first kappa shape index (κ1) is 18.2. The van der Waals surface area contributed by atoms with Crippen LogP contribution in [0.2, 0.25) is 10.0 Å². The standard InChI is InChI=1S/C17H13Cl2N3O4/c18-11-1-6-14(19)15(8-11)21-9-10(7-16(21)23)17(24)20-12-2-4-13(5-3-12)22(25)26/h1-6,8,10H,7,9H2,(H,20,24)/t10-/m1/s1. The fourth-order valence-electron chi connectivity index (χ4n) is 2.72. The maximum Gasteiger partial charge on any atom is 0.269 e. The SMILES string of the molecule is O=C(Nc1ccc([N+](=O)[O-])cc1)[C@@H]1CC(=O)N(c2cc(Cl)ccc2Cl)C1. The van der Waals surface area contributed by atoms with Gasteiger partial charge in [0.2, 0.25) is 11.8 Å². The van der Waals surface area contributed by atoms with Crippen LogP contribution in [0.15, 0.2) is 42.5 Å². The van der Waals surface area contributed by atoms with Gasteiger partial charge in [0, 0.05) is 35.8 Å². The number of nitro benzene ring substituents is 1. The van der Waals surface area contributed by atoms with Crippen molar-refractivity contribution in [3.05, 3.63) is 62.6 Å². The number of amides is 2. The third-order valence-corrected chi connectivity index (χ3v) is 4.60. The summed E-state index contributed by atoms with van der Waals surface area (Å²) in [5.41, 5.74) is 0.822. The molecule has 1 N–H and O–H groups in total. The van der Waals surface area contributed by atoms with Crippen LogP contribution in [-0.2, 0) is 9.59 Å². The lowest BCUT2D eigenvalue weighted by atomic mass is 10.1. The van der Waals surface area contributed by atoms with E-state index in [1.807, 2.05) is 0 Å². The van der Waals surface area contributed by atoms with Crippen LogP contribution >= 0.6 is 23.2 Å². The van der Waals surface area contributed by atoms with Gasteiger partial charge >= 0.3 is 0 Å². The Balaban J connectivity index is 1.70. The molecule has 0 unspecified atom stereocenters. The first-order valence-electron chi connectivity index (χ1n) is 7.66. The summed E-state index contributed by atoms with van der Waals surface area (Å²) in [5.74, 6) is -1.13. The molecule has 7 nitrogen and oxygen atoms in total. The Bertz CT molecular complexity index is 886. The Labute approximate surface area is 158 Å². The molecule has 1 aliphatic rings. The van der Waals surface area contributed by atoms with E-state index in [1.165, 1.54) is 29.2 Å². The molecule has 2 aromatic rings. The van der Waals surface area contributed by atoms with Crippen molar-refractivity contribution in [2.45, 2.75) is 6.42 Å². The number of nitrogens with one attached hydrogen (secondary N) is 1. The zero-order chi connectivity index (χ0) is 18.8. The Morgan fingerprint density at radius 1 is 1.19 bits per heavy atom. The number of nitrogens with zero attached hydrogens (tertiary/aromatic N) is 2. The molecule has 0 aromatic heterocycles. The van der Waals surface area contributed by atoms with E-state index in [2.05, 4.69) is 5.32 Å². The van der Waals surface area contributed by atoms with Gasteiger partial charge in [-0.15, -0.1) is 0 Å². The highest BCUT2D eigenvalue weighted by molar-refractivity contribution is 6.36. The average molecular weight is 394 g/mol. The monoisotopic (exact) mass is 393 g/mol. The summed E-state index contributed by atoms with van der Waals surface area (Å²) in [6, 6.07) is 10.3. The van der Waals surface area contributed by atoms with Crippen molar-refractivity contribution in [3.8, 4) is 0 Å². The van der Waals surface area contributed by atoms with Crippen molar-refractivity contribution in [1.82, 2.24) is 0 Å². The highest BCUT2D eigenvalue weighted by Gasteiger charge is 2.36. The highest BCUT2D eigenvalue weighted by Crippen LogP contribution is 2.33. The molecule has 1 fully saturated rings. The molecule has 9 heteroatoms. The normalized spacial score (nSPS) is 16.6. The van der Waals surface area contributed by atoms with Crippen LogP contribution in [0.3, 0.4) is 0 Å². The van der Waals surface area contributed by atoms with Gasteiger partial charge in [0.1, 0.15) is 0 Å². The number of benzene rings is 2. The molecule has 134 valence electrons. The lowest BCUT2D eigenvalue weighted by Gasteiger charge is -2.18. The van der Waals surface area contributed by atoms with Gasteiger partial charge in [0.25, 0.3) is 5.69 Å². The molecule has 26 heavy (non-hydrogen) atoms. The lowest BCUT2D eigenvalue weighted by Crippen LogP contribution is -2.28. The number of nitro groups is 1. The fraction of sp³-hybridized carbons (Fsp3) is 0.176. The van der Waals surface area contributed by atoms with E-state index in [1.54, 1.807) is 18.2 Å². The van der Waals surface area contributed by atoms with Crippen LogP contribution in [-0.4, -0.2) is 23.3 Å². The van der Waals surface area contributed by atoms with Gasteiger partial charge in [-0.1, -0.05) is 23.2 Å². The minimum absolute atomic E-state index is 0.0433. The zero-order valence-corrected chi connectivity index (χ0v) is 14.8. The second-order valence-corrected chi connectivity index (χ2v) is 6.64. The summed E-state index contributed by atoms with van der Waals surface area (Å²) < 4.78 is 0. The third kappa shape index (κ3) is 3.79. The van der Waals surface area contributed by atoms with Crippen LogP contribution in [0.4, 0.5) is 17.1 Å². The van der Waals surface area contributed by atoms with Gasteiger partial charge < -0.3 is 10.2 Å². The summed E-state index contributed by atoms with van der Waals surface area (Å²) in [5, 5.41) is 14.1. The molecule has 2 aromatic carbocycles. The molecule has 2 amide bonds. The zero-order valence-electron chi connectivity index (χ0n) is 13.3. The maximum absolute atomic E-state index is 12.4. The lowest BCUT2D eigenvalue weighted by molar-refractivity contribution is -0.384. The second-order valence-electron chi connectivity index (χ2n) is 5.79. The number of hydrogen-bond donors (Lipinski definition) is 1. The van der Waals surface area contributed by atoms with E-state index >= 15 is 0 Å². The summed E-state index contributed by atoms with van der Waals surface area (Å²) in [7, 11) is 0. The molecule has 0 bridgehead atoms. The van der Waals surface area contributed by atoms with E-state index in [0.717, 1.165) is 0 Å². The maximum atomic E-state index is 12.4. The van der Waals surface area contributed by atoms with Gasteiger partial charge in [-0.3, -0.25) is 19.7 Å². The summed E-state index contributed by atoms with van der Waals surface area (Å²) >= 11 is 12.1. The first-order valence-corrected chi connectivity index (χ1v) is 8.41. The largest absolute Gasteiger partial charge is 0.326 e. The number of non-ortho nitro benzene ring substituents is 1. The Morgan fingerprint density at radius 2 is 1.88 bits per heavy atom. The average Bonchev–Trinajstić information content (AvgIpc) is 2.99. The van der Waals surface area contributed by atoms with Gasteiger partial charge in [0.05, 0.1) is 21.6 Å². The number of carbonyl (C=O) groups is 2. The molecule has 1 saturated heterocycles. The van der Waals surface area contributed by atoms with Crippen molar-refractivity contribution in [2.75, 3.05) is 16.8 Å². The third-order valence-electron chi connectivity index (χ3n) is 4.04. The van der Waals surface area contributed by atoms with Gasteiger partial charge in [-0.2, -0.15) is 0 Å². The fourth-order valence-corrected chi connectivity index (χ4v) is 3.11. The molecule has 1 atom stereocenters. The van der Waals surface area contributed by atoms with E-state index in [-0.39, 0.29) is 30.5 Å². The Hall–Kier alpha value is -2.64. The van der Waals surface area contributed by atoms with Crippen molar-refractivity contribution in [3.63, 3.8) is 0 Å². The summed E-state index contributed by atoms with van der Waals surface area (Å²) in [4.78, 5) is 36.3. The van der Waals surface area contributed by atoms with Gasteiger partial charge in [0.15, 0.2) is 0 Å². The number of anilines is 2. The topological polar surface area (TPSA) is 92.5 Å². The van der Waals surface area contributed by atoms with E-state index < -0.39 is 10.8 Å². The molecule has 1 heterocycles. The van der Waals surface area contributed by atoms with Crippen molar-refractivity contribution in [2.24, 2.45) is 5.92 Å². The summed E-state index contributed by atoms with van der Waals surface area (Å²) in [6.45, 7) is 0.178. The van der Waals surface area contributed by atoms with E-state index in [4.69, 9.17) is 23.2 Å². The molecule has 0 radical (unpaired) electrons. The molecule has 3 rings (SSSR count). The van der Waals surface area contributed by atoms with Crippen LogP contribution in [0.1, 0.15) is 6.42 Å². The highest BCUT2D eigenvalue weighted by atomic mass is 35.5. The van der Waals surface area contributed by atoms with Crippen LogP contribution < -0.4 is 10.2 Å². The first-order chi connectivity index (χ1) is 12.3. The van der Waals surface area contributed by atoms with Crippen molar-refractivity contribution >= 4 is 52.1 Å². The van der Waals surface area contributed by atoms with Crippen molar-refractivity contribution < 1.29 is 14.5 Å². The molecule has 0 saturated carbocycles. The van der Waals surface area contributed by atoms with Crippen LogP contribution in [0.25, 0.3) is 0 Å². The Kier molecular flexibility index (Phi) is 5.11. The second kappa shape index (κ2) is 7.31. The quantitative estimate of drug-likeness (QED) is 0.629. The molecule has 0 spiro atoms. The predicted molar refractivity (Wildman–Crippen MR) is 98.6 cm³/mol. The predicted octanol–water partition coefficient (Wildman–Crippen LogP) is 3.89. The molecular formula is C17H13Cl2N3O4. The minimum Gasteiger partial charge on any atom is -0.326 e. The minimum atomic E-state index is -0.562. The van der Waals surface area contributed by atoms with Crippen molar-refractivity contribution in [1.29, 1.82) is 0 Å². The Morgan fingerprint density at radius 3 is 2.54 bits per heavy atom. The molecular weight excluding hydrogens is 381 g/mol. The number of rotatable bonds is 4. The van der Waals surface area contributed by atoms with E-state index in [0.29, 0.717) is 21.4 Å². The van der Waals surface area contributed by atoms with Crippen LogP contribution in [0.5, 0.6) is 0 Å². The van der Waals surface area contributed by atoms with Crippen LogP contribution in [0, 0.1) is 16.0 Å². The molecule has 0 aliphatic carbocycles. The molecule has 1 aliphatic heterocycles. The van der Waals surface area contributed by atoms with Gasteiger partial charge in [-0.25, -0.2) is 0 Å². The smallest absolute Gasteiger partial charge is 0.269 e. The van der Waals surface area contributed by atoms with Gasteiger partial charge in [-0.05, 0) is 30.3 Å². The number of hydrogen-bond acceptors (Lipinski definition) is 4. The summed E-state index contributed by atoms with van der Waals surface area (Å²) in [6.07, 6.45) is 0.0433. The number of carbonyl (C=O) groups excluding carboxylic acids is 2.